The summed E-state index contributed by atoms with van der Waals surface area (Å²) >= 11 is 0. The van der Waals surface area contributed by atoms with Crippen LogP contribution in [0.3, 0.4) is 0 Å². The van der Waals surface area contributed by atoms with Crippen LogP contribution in [0.15, 0.2) is 30.3 Å². The molecule has 2 aliphatic rings. The van der Waals surface area contributed by atoms with Gasteiger partial charge in [-0.05, 0) is 65.8 Å². The lowest BCUT2D eigenvalue weighted by atomic mass is 9.77. The average Bonchev–Trinajstić information content (AvgIpc) is 3.06. The number of hydrogen-bond donors (Lipinski definition) is 2. The third kappa shape index (κ3) is 6.18. The van der Waals surface area contributed by atoms with Gasteiger partial charge in [0.15, 0.2) is 11.5 Å². The van der Waals surface area contributed by atoms with Crippen LogP contribution in [0.4, 0.5) is 4.79 Å². The highest BCUT2D eigenvalue weighted by Crippen LogP contribution is 2.37. The predicted octanol–water partition coefficient (Wildman–Crippen LogP) is 3.09. The molecule has 2 aromatic carbocycles. The summed E-state index contributed by atoms with van der Waals surface area (Å²) in [6, 6.07) is 9.83. The second-order valence-corrected chi connectivity index (χ2v) is 8.71. The molecule has 190 valence electrons. The summed E-state index contributed by atoms with van der Waals surface area (Å²) in [5.41, 5.74) is 4.92. The number of hydrogen-bond acceptors (Lipinski definition) is 6. The van der Waals surface area contributed by atoms with Crippen molar-refractivity contribution in [1.29, 1.82) is 0 Å². The van der Waals surface area contributed by atoms with Crippen LogP contribution in [0.2, 0.25) is 0 Å². The molecule has 0 saturated heterocycles. The highest BCUT2D eigenvalue weighted by Gasteiger charge is 2.27. The molecule has 0 aromatic heterocycles. The smallest absolute Gasteiger partial charge is 0.412 e. The zero-order chi connectivity index (χ0) is 24.1. The lowest BCUT2D eigenvalue weighted by molar-refractivity contribution is -0.131. The van der Waals surface area contributed by atoms with Crippen molar-refractivity contribution in [3.8, 4) is 17.2 Å². The fourth-order valence-electron chi connectivity index (χ4n) is 4.72. The molecule has 1 atom stereocenters. The molecular weight excluding hydrogens is 470 g/mol. The van der Waals surface area contributed by atoms with Crippen molar-refractivity contribution in [2.45, 2.75) is 31.6 Å². The van der Waals surface area contributed by atoms with Gasteiger partial charge in [0.05, 0.1) is 14.2 Å². The molecule has 35 heavy (non-hydrogen) atoms. The topological polar surface area (TPSA) is 89.1 Å². The molecule has 0 bridgehead atoms. The highest BCUT2D eigenvalue weighted by atomic mass is 35.5. The summed E-state index contributed by atoms with van der Waals surface area (Å²) in [6.07, 6.45) is 2.63. The largest absolute Gasteiger partial charge is 0.493 e. The van der Waals surface area contributed by atoms with Gasteiger partial charge in [0.2, 0.25) is 5.91 Å². The normalized spacial score (nSPS) is 16.0. The number of benzene rings is 2. The van der Waals surface area contributed by atoms with Crippen LogP contribution < -0.4 is 24.8 Å². The maximum absolute atomic E-state index is 12.8. The molecular formula is C26H34ClN3O5. The standard InChI is InChI=1S/C26H33N3O5.ClH/c1-27-26(31)34-21-5-4-19-12-20(22(19)15-21)16-28-9-6-25(30)29-10-7-17-13-23(32-2)24(33-3)14-18(17)8-11-29;/h4-5,13-15,20,28H,6-12,16H2,1-3H3,(H,27,31);1H. The third-order valence-electron chi connectivity index (χ3n) is 6.71. The van der Waals surface area contributed by atoms with E-state index >= 15 is 0 Å². The summed E-state index contributed by atoms with van der Waals surface area (Å²) in [5.74, 6) is 2.56. The molecule has 4 rings (SSSR count). The van der Waals surface area contributed by atoms with Gasteiger partial charge in [0.1, 0.15) is 5.75 Å². The number of halogens is 1. The maximum atomic E-state index is 12.8. The van der Waals surface area contributed by atoms with Crippen LogP contribution in [-0.4, -0.2) is 64.3 Å². The van der Waals surface area contributed by atoms with Crippen molar-refractivity contribution < 1.29 is 23.8 Å². The van der Waals surface area contributed by atoms with E-state index in [1.807, 2.05) is 35.2 Å². The van der Waals surface area contributed by atoms with Gasteiger partial charge in [0.25, 0.3) is 0 Å². The molecule has 0 saturated carbocycles. The summed E-state index contributed by atoms with van der Waals surface area (Å²) < 4.78 is 16.1. The number of fused-ring (bicyclic) bond motifs is 2. The van der Waals surface area contributed by atoms with E-state index in [0.29, 0.717) is 37.7 Å². The minimum Gasteiger partial charge on any atom is -0.493 e. The van der Waals surface area contributed by atoms with Crippen LogP contribution in [0.25, 0.3) is 0 Å². The van der Waals surface area contributed by atoms with Crippen molar-refractivity contribution >= 4 is 24.4 Å². The van der Waals surface area contributed by atoms with E-state index in [4.69, 9.17) is 14.2 Å². The number of nitrogens with zero attached hydrogens (tertiary/aromatic N) is 1. The van der Waals surface area contributed by atoms with Gasteiger partial charge in [-0.25, -0.2) is 4.79 Å². The summed E-state index contributed by atoms with van der Waals surface area (Å²) in [7, 11) is 4.82. The van der Waals surface area contributed by atoms with Crippen molar-refractivity contribution in [1.82, 2.24) is 15.5 Å². The van der Waals surface area contributed by atoms with E-state index in [9.17, 15) is 9.59 Å². The van der Waals surface area contributed by atoms with Crippen LogP contribution >= 0.6 is 12.4 Å². The number of amides is 2. The first-order valence-electron chi connectivity index (χ1n) is 11.8. The van der Waals surface area contributed by atoms with Crippen molar-refractivity contribution in [2.75, 3.05) is 47.4 Å². The Labute approximate surface area is 212 Å². The first kappa shape index (κ1) is 26.6. The highest BCUT2D eigenvalue weighted by molar-refractivity contribution is 5.85. The summed E-state index contributed by atoms with van der Waals surface area (Å²) in [4.78, 5) is 26.2. The van der Waals surface area contributed by atoms with E-state index < -0.39 is 6.09 Å². The van der Waals surface area contributed by atoms with Gasteiger partial charge in [0, 0.05) is 45.6 Å². The van der Waals surface area contributed by atoms with E-state index in [0.717, 1.165) is 37.3 Å². The second kappa shape index (κ2) is 12.1. The van der Waals surface area contributed by atoms with Gasteiger partial charge >= 0.3 is 6.09 Å². The van der Waals surface area contributed by atoms with Gasteiger partial charge < -0.3 is 29.7 Å². The van der Waals surface area contributed by atoms with Crippen molar-refractivity contribution in [3.63, 3.8) is 0 Å². The molecule has 8 nitrogen and oxygen atoms in total. The fraction of sp³-hybridized carbons (Fsp3) is 0.462. The molecule has 1 unspecified atom stereocenters. The molecule has 2 aromatic rings. The maximum Gasteiger partial charge on any atom is 0.412 e. The van der Waals surface area contributed by atoms with E-state index in [1.54, 1.807) is 14.2 Å². The Bertz CT molecular complexity index is 1030. The Morgan fingerprint density at radius 2 is 1.66 bits per heavy atom. The van der Waals surface area contributed by atoms with E-state index in [-0.39, 0.29) is 18.3 Å². The Morgan fingerprint density at radius 3 is 2.26 bits per heavy atom. The van der Waals surface area contributed by atoms with Gasteiger partial charge in [-0.15, -0.1) is 12.4 Å². The third-order valence-corrected chi connectivity index (χ3v) is 6.71. The zero-order valence-corrected chi connectivity index (χ0v) is 21.3. The monoisotopic (exact) mass is 503 g/mol. The molecule has 0 fully saturated rings. The van der Waals surface area contributed by atoms with Gasteiger partial charge in [-0.3, -0.25) is 4.79 Å². The fourth-order valence-corrected chi connectivity index (χ4v) is 4.72. The van der Waals surface area contributed by atoms with Gasteiger partial charge in [-0.2, -0.15) is 0 Å². The minimum atomic E-state index is -0.470. The van der Waals surface area contributed by atoms with Crippen LogP contribution in [0.5, 0.6) is 17.2 Å². The number of rotatable bonds is 8. The number of methoxy groups -OCH3 is 2. The number of carbonyl (C=O) groups excluding carboxylic acids is 2. The summed E-state index contributed by atoms with van der Waals surface area (Å²) in [6.45, 7) is 2.87. The Balaban J connectivity index is 0.00000342. The van der Waals surface area contributed by atoms with E-state index in [1.165, 1.54) is 29.3 Å². The number of nitrogens with one attached hydrogen (secondary N) is 2. The number of carbonyl (C=O) groups is 2. The van der Waals surface area contributed by atoms with Crippen LogP contribution in [0.1, 0.15) is 34.6 Å². The minimum absolute atomic E-state index is 0. The molecule has 2 amide bonds. The Hall–Kier alpha value is -2.97. The molecule has 0 radical (unpaired) electrons. The zero-order valence-electron chi connectivity index (χ0n) is 20.5. The lowest BCUT2D eigenvalue weighted by Gasteiger charge is -2.31. The van der Waals surface area contributed by atoms with Crippen molar-refractivity contribution in [2.24, 2.45) is 0 Å². The average molecular weight is 504 g/mol. The molecule has 0 spiro atoms. The second-order valence-electron chi connectivity index (χ2n) is 8.71. The van der Waals surface area contributed by atoms with Crippen molar-refractivity contribution in [3.05, 3.63) is 52.6 Å². The van der Waals surface area contributed by atoms with E-state index in [2.05, 4.69) is 10.6 Å². The first-order valence-corrected chi connectivity index (χ1v) is 11.8. The quantitative estimate of drug-likeness (QED) is 0.538. The van der Waals surface area contributed by atoms with Crippen LogP contribution in [0, 0.1) is 0 Å². The summed E-state index contributed by atoms with van der Waals surface area (Å²) in [5, 5.41) is 5.89. The lowest BCUT2D eigenvalue weighted by Crippen LogP contribution is -2.36. The Morgan fingerprint density at radius 1 is 1.00 bits per heavy atom. The number of ether oxygens (including phenoxy) is 3. The SMILES string of the molecule is CNC(=O)Oc1ccc2c(c1)C(CNCCC(=O)N1CCc3cc(OC)c(OC)cc3CC1)C2.Cl. The molecule has 2 N–H and O–H groups in total. The predicted molar refractivity (Wildman–Crippen MR) is 136 cm³/mol. The first-order chi connectivity index (χ1) is 16.5. The molecule has 9 heteroatoms. The Kier molecular flexibility index (Phi) is 9.23. The van der Waals surface area contributed by atoms with Gasteiger partial charge in [-0.1, -0.05) is 6.07 Å². The van der Waals surface area contributed by atoms with Crippen LogP contribution in [-0.2, 0) is 24.1 Å². The molecule has 1 aliphatic carbocycles. The molecule has 1 heterocycles. The molecule has 1 aliphatic heterocycles.